The first kappa shape index (κ1) is 40.2. The number of piperidine rings is 1. The second-order valence-corrected chi connectivity index (χ2v) is 16.8. The molecule has 2 fully saturated rings. The van der Waals surface area contributed by atoms with Crippen molar-refractivity contribution in [1.82, 2.24) is 34.4 Å². The minimum absolute atomic E-state index is 0.123. The van der Waals surface area contributed by atoms with Crippen LogP contribution in [0.4, 0.5) is 13.2 Å². The van der Waals surface area contributed by atoms with E-state index in [1.807, 2.05) is 22.9 Å². The van der Waals surface area contributed by atoms with Crippen molar-refractivity contribution in [2.24, 2.45) is 13.0 Å². The van der Waals surface area contributed by atoms with E-state index in [0.717, 1.165) is 97.7 Å². The lowest BCUT2D eigenvalue weighted by Crippen LogP contribution is -2.44. The number of hydrogen-bond donors (Lipinski definition) is 3. The maximum absolute atomic E-state index is 14.2. The van der Waals surface area contributed by atoms with Crippen LogP contribution in [0.25, 0.3) is 33.1 Å². The number of rotatable bonds is 10. The van der Waals surface area contributed by atoms with E-state index in [9.17, 15) is 37.5 Å². The van der Waals surface area contributed by atoms with Crippen LogP contribution < -0.4 is 16.3 Å². The van der Waals surface area contributed by atoms with Gasteiger partial charge in [-0.2, -0.15) is 9.49 Å². The third-order valence-corrected chi connectivity index (χ3v) is 12.9. The zero-order valence-corrected chi connectivity index (χ0v) is 33.7. The molecule has 0 radical (unpaired) electrons. The number of nitrogens with zero attached hydrogens (tertiary/aromatic N) is 5. The quantitative estimate of drug-likeness (QED) is 0.104. The first-order valence-corrected chi connectivity index (χ1v) is 20.9. The molecule has 3 amide bonds. The summed E-state index contributed by atoms with van der Waals surface area (Å²) >= 11 is 0. The van der Waals surface area contributed by atoms with Crippen molar-refractivity contribution in [3.05, 3.63) is 117 Å². The first-order valence-electron chi connectivity index (χ1n) is 20.9. The lowest BCUT2D eigenvalue weighted by Gasteiger charge is -2.29. The van der Waals surface area contributed by atoms with Gasteiger partial charge in [0.05, 0.1) is 28.2 Å². The molecule has 61 heavy (non-hydrogen) atoms. The fraction of sp³-hybridized carbons (Fsp3) is 0.370. The van der Waals surface area contributed by atoms with E-state index >= 15 is 0 Å². The van der Waals surface area contributed by atoms with Gasteiger partial charge in [-0.1, -0.05) is 36.4 Å². The molecule has 4 heterocycles. The van der Waals surface area contributed by atoms with E-state index in [4.69, 9.17) is 5.10 Å². The molecule has 0 spiro atoms. The fourth-order valence-electron chi connectivity index (χ4n) is 9.38. The van der Waals surface area contributed by atoms with Crippen LogP contribution in [0.3, 0.4) is 0 Å². The van der Waals surface area contributed by atoms with Gasteiger partial charge >= 0.3 is 5.69 Å². The molecule has 0 bridgehead atoms. The van der Waals surface area contributed by atoms with Gasteiger partial charge in [-0.3, -0.25) is 38.4 Å². The van der Waals surface area contributed by atoms with Crippen LogP contribution in [-0.4, -0.2) is 66.3 Å². The summed E-state index contributed by atoms with van der Waals surface area (Å²) in [6.45, 7) is 3.04. The van der Waals surface area contributed by atoms with E-state index in [1.165, 1.54) is 15.7 Å². The third kappa shape index (κ3) is 7.82. The van der Waals surface area contributed by atoms with Gasteiger partial charge in [0.25, 0.3) is 5.91 Å². The van der Waals surface area contributed by atoms with Gasteiger partial charge in [-0.05, 0) is 116 Å². The van der Waals surface area contributed by atoms with Crippen LogP contribution in [0, 0.1) is 23.4 Å². The van der Waals surface area contributed by atoms with Gasteiger partial charge in [0, 0.05) is 44.7 Å². The van der Waals surface area contributed by atoms with E-state index in [1.54, 1.807) is 11.6 Å². The number of benzene rings is 4. The Hall–Kier alpha value is -6.22. The van der Waals surface area contributed by atoms with Crippen molar-refractivity contribution in [3.8, 4) is 16.9 Å². The number of fused-ring (bicyclic) bond motifs is 3. The zero-order chi connectivity index (χ0) is 42.5. The maximum Gasteiger partial charge on any atom is 0.329 e. The number of carbonyl (C=O) groups is 3. The molecular weight excluding hydrogens is 788 g/mol. The van der Waals surface area contributed by atoms with Gasteiger partial charge in [0.2, 0.25) is 17.6 Å². The predicted octanol–water partition coefficient (Wildman–Crippen LogP) is 6.61. The Balaban J connectivity index is 0.776. The van der Waals surface area contributed by atoms with Crippen molar-refractivity contribution < 1.29 is 32.7 Å². The minimum atomic E-state index is -1.78. The monoisotopic (exact) mass is 833 g/mol. The Labute approximate surface area is 348 Å². The second kappa shape index (κ2) is 16.3. The highest BCUT2D eigenvalue weighted by molar-refractivity contribution is 6.00. The Morgan fingerprint density at radius 2 is 1.67 bits per heavy atom. The van der Waals surface area contributed by atoms with Crippen LogP contribution in [0.2, 0.25) is 0 Å². The fourth-order valence-corrected chi connectivity index (χ4v) is 9.38. The third-order valence-electron chi connectivity index (χ3n) is 12.9. The number of carbonyl (C=O) groups excluding carboxylic acids is 3. The van der Waals surface area contributed by atoms with Crippen LogP contribution in [0.15, 0.2) is 71.7 Å². The molecule has 2 aliphatic heterocycles. The van der Waals surface area contributed by atoms with Crippen molar-refractivity contribution in [2.45, 2.75) is 76.4 Å². The lowest BCUT2D eigenvalue weighted by atomic mass is 9.86. The molecule has 9 rings (SSSR count). The number of halogens is 3. The molecule has 3 N–H and O–H groups in total. The molecule has 15 heteroatoms. The van der Waals surface area contributed by atoms with Crippen LogP contribution in [0.1, 0.15) is 84.1 Å². The van der Waals surface area contributed by atoms with Gasteiger partial charge in [-0.25, -0.2) is 13.6 Å². The SMILES string of the molecule is Cn1c(=O)n(C2CCC(=O)NC2=O)c2ccc(CCCN3CCc4cc(-c5ccc6cn([C@H]7CC[C@H](CNC(=O)c8cc(F)c(O)c(F)c8F)CC7)nc6c5)ccc4C3)cc21. The summed E-state index contributed by atoms with van der Waals surface area (Å²) < 4.78 is 46.8. The summed E-state index contributed by atoms with van der Waals surface area (Å²) in [7, 11) is 1.72. The molecular formula is C46H46F3N7O5. The first-order chi connectivity index (χ1) is 29.4. The molecule has 6 aromatic rings. The van der Waals surface area contributed by atoms with Crippen molar-refractivity contribution >= 4 is 39.7 Å². The van der Waals surface area contributed by atoms with Crippen molar-refractivity contribution in [2.75, 3.05) is 19.6 Å². The summed E-state index contributed by atoms with van der Waals surface area (Å²) in [5.41, 5.74) is 7.42. The summed E-state index contributed by atoms with van der Waals surface area (Å²) in [6, 6.07) is 19.1. The standard InChI is InChI=1S/C46H46F3N7O5/c1-53-39-19-26(6-13-37(39)56(46(53)61)38-14-15-40(57)51-45(38)60)3-2-17-54-18-16-30-20-28(7-9-31(30)24-54)29-8-10-32-25-55(52-36(32)21-29)33-11-4-27(5-12-33)23-50-44(59)34-22-35(47)43(58)42(49)41(34)48/h6-10,13,19-22,25,27,33,38,58H,2-5,11-12,14-18,23-24H2,1H3,(H,50,59)(H,51,57,60)/t27-,33-,38?. The summed E-state index contributed by atoms with van der Waals surface area (Å²) in [5, 5.41) is 20.2. The highest BCUT2D eigenvalue weighted by Gasteiger charge is 2.32. The second-order valence-electron chi connectivity index (χ2n) is 16.8. The number of phenols is 1. The van der Waals surface area contributed by atoms with Gasteiger partial charge in [-0.15, -0.1) is 0 Å². The number of nitrogens with one attached hydrogen (secondary N) is 2. The maximum atomic E-state index is 14.2. The average molecular weight is 834 g/mol. The highest BCUT2D eigenvalue weighted by atomic mass is 19.2. The van der Waals surface area contributed by atoms with E-state index in [0.29, 0.717) is 18.0 Å². The Morgan fingerprint density at radius 1 is 0.885 bits per heavy atom. The largest absolute Gasteiger partial charge is 0.503 e. The number of imide groups is 1. The predicted molar refractivity (Wildman–Crippen MR) is 222 cm³/mol. The normalized spacial score (nSPS) is 19.6. The number of hydrogen-bond acceptors (Lipinski definition) is 7. The number of amides is 3. The molecule has 12 nitrogen and oxygen atoms in total. The summed E-state index contributed by atoms with van der Waals surface area (Å²) in [6.07, 6.45) is 8.63. The molecule has 1 atom stereocenters. The Bertz CT molecular complexity index is 2790. The summed E-state index contributed by atoms with van der Waals surface area (Å²) in [5.74, 6) is -7.74. The lowest BCUT2D eigenvalue weighted by molar-refractivity contribution is -0.135. The smallest absolute Gasteiger partial charge is 0.329 e. The molecule has 316 valence electrons. The number of aromatic nitrogens is 4. The molecule has 1 unspecified atom stereocenters. The number of aryl methyl sites for hydroxylation is 2. The topological polar surface area (TPSA) is 143 Å². The number of aromatic hydroxyl groups is 1. The molecule has 1 saturated heterocycles. The van der Waals surface area contributed by atoms with Gasteiger partial charge in [0.1, 0.15) is 6.04 Å². The molecule has 2 aromatic heterocycles. The highest BCUT2D eigenvalue weighted by Crippen LogP contribution is 2.34. The van der Waals surface area contributed by atoms with Crippen LogP contribution in [0.5, 0.6) is 5.75 Å². The average Bonchev–Trinajstić information content (AvgIpc) is 3.80. The minimum Gasteiger partial charge on any atom is -0.503 e. The number of phenolic OH excluding ortho intramolecular Hbond substituents is 1. The van der Waals surface area contributed by atoms with Crippen LogP contribution in [-0.2, 0) is 36.0 Å². The van der Waals surface area contributed by atoms with E-state index in [-0.39, 0.29) is 36.5 Å². The van der Waals surface area contributed by atoms with Gasteiger partial charge < -0.3 is 10.4 Å². The number of imidazole rings is 1. The molecule has 1 saturated carbocycles. The summed E-state index contributed by atoms with van der Waals surface area (Å²) in [4.78, 5) is 52.4. The molecule has 3 aliphatic rings. The van der Waals surface area contributed by atoms with E-state index < -0.39 is 46.6 Å². The molecule has 1 aliphatic carbocycles. The Morgan fingerprint density at radius 3 is 2.48 bits per heavy atom. The molecule has 4 aromatic carbocycles. The zero-order valence-electron chi connectivity index (χ0n) is 33.7. The van der Waals surface area contributed by atoms with E-state index in [2.05, 4.69) is 58.1 Å². The van der Waals surface area contributed by atoms with Crippen LogP contribution >= 0.6 is 0 Å². The Kier molecular flexibility index (Phi) is 10.8. The van der Waals surface area contributed by atoms with Gasteiger partial charge in [0.15, 0.2) is 17.4 Å². The van der Waals surface area contributed by atoms with Crippen molar-refractivity contribution in [3.63, 3.8) is 0 Å². The van der Waals surface area contributed by atoms with Crippen molar-refractivity contribution in [1.29, 1.82) is 0 Å².